The van der Waals surface area contributed by atoms with Gasteiger partial charge in [0.25, 0.3) is 11.8 Å². The largest absolute Gasteiger partial charge is 0.748 e. The highest BCUT2D eigenvalue weighted by Gasteiger charge is 2.29. The first-order valence-electron chi connectivity index (χ1n) is 18.8. The van der Waals surface area contributed by atoms with Crippen LogP contribution in [-0.2, 0) is 45.8 Å². The summed E-state index contributed by atoms with van der Waals surface area (Å²) in [5.41, 5.74) is 10.3. The van der Waals surface area contributed by atoms with Crippen LogP contribution in [0.2, 0.25) is 0 Å². The van der Waals surface area contributed by atoms with E-state index in [9.17, 15) is 45.1 Å². The Balaban J connectivity index is 1.82. The van der Waals surface area contributed by atoms with Crippen molar-refractivity contribution in [3.8, 4) is 0 Å². The van der Waals surface area contributed by atoms with Gasteiger partial charge in [-0.05, 0) is 97.9 Å². The monoisotopic (exact) mass is 828 g/mol. The second-order valence-corrected chi connectivity index (χ2v) is 17.7. The van der Waals surface area contributed by atoms with E-state index in [0.29, 0.717) is 46.8 Å². The van der Waals surface area contributed by atoms with E-state index >= 15 is 0 Å². The lowest BCUT2D eigenvalue weighted by Crippen LogP contribution is -2.30. The average molecular weight is 829 g/mol. The molecule has 4 amide bonds. The first kappa shape index (κ1) is 44.9. The Morgan fingerprint density at radius 2 is 1.02 bits per heavy atom. The number of aromatic amines is 2. The molecule has 0 unspecified atom stereocenters. The van der Waals surface area contributed by atoms with Gasteiger partial charge in [-0.25, -0.2) is 16.8 Å². The molecular weight excluding hydrogens is 777 g/mol. The van der Waals surface area contributed by atoms with Crippen molar-refractivity contribution in [3.05, 3.63) is 78.7 Å². The van der Waals surface area contributed by atoms with Crippen molar-refractivity contribution in [2.75, 3.05) is 24.6 Å². The lowest BCUT2D eigenvalue weighted by molar-refractivity contribution is -0.122. The van der Waals surface area contributed by atoms with Gasteiger partial charge in [0, 0.05) is 77.7 Å². The number of nitrogens with one attached hydrogen (secondary N) is 6. The second-order valence-electron chi connectivity index (χ2n) is 14.7. The van der Waals surface area contributed by atoms with Gasteiger partial charge in [0.05, 0.1) is 31.7 Å². The maximum atomic E-state index is 13.0. The van der Waals surface area contributed by atoms with E-state index in [0.717, 1.165) is 44.8 Å². The molecule has 2 aromatic heterocycles. The Labute approximate surface area is 334 Å². The Morgan fingerprint density at radius 3 is 1.33 bits per heavy atom. The highest BCUT2D eigenvalue weighted by Crippen LogP contribution is 2.37. The lowest BCUT2D eigenvalue weighted by Gasteiger charge is -2.17. The summed E-state index contributed by atoms with van der Waals surface area (Å²) in [7, 11) is -9.05. The fraction of sp³-hybridized carbons (Fsp3) is 0.487. The fourth-order valence-corrected chi connectivity index (χ4v) is 8.42. The van der Waals surface area contributed by atoms with Gasteiger partial charge in [-0.3, -0.25) is 19.2 Å². The molecule has 0 spiro atoms. The van der Waals surface area contributed by atoms with Crippen molar-refractivity contribution in [2.45, 2.75) is 99.3 Å². The zero-order valence-corrected chi connectivity index (χ0v) is 35.2. The number of amides is 4. The van der Waals surface area contributed by atoms with Gasteiger partial charge in [0.1, 0.15) is 0 Å². The highest BCUT2D eigenvalue weighted by molar-refractivity contribution is 7.85. The molecule has 16 nitrogen and oxygen atoms in total. The topological polar surface area (TPSA) is 262 Å². The smallest absolute Gasteiger partial charge is 0.251 e. The average Bonchev–Trinajstić information content (AvgIpc) is 3.75. The van der Waals surface area contributed by atoms with Crippen LogP contribution in [0.5, 0.6) is 0 Å². The molecule has 2 aliphatic heterocycles. The highest BCUT2D eigenvalue weighted by atomic mass is 32.2. The van der Waals surface area contributed by atoms with Crippen molar-refractivity contribution < 1.29 is 45.1 Å². The first-order chi connectivity index (χ1) is 26.5. The molecule has 0 aromatic carbocycles. The molecule has 57 heavy (non-hydrogen) atoms. The molecule has 0 fully saturated rings. The van der Waals surface area contributed by atoms with Crippen molar-refractivity contribution >= 4 is 56.0 Å². The molecule has 0 aliphatic carbocycles. The van der Waals surface area contributed by atoms with Crippen LogP contribution in [0.3, 0.4) is 0 Å². The number of H-pyrrole nitrogens is 2. The summed E-state index contributed by atoms with van der Waals surface area (Å²) in [6.07, 6.45) is 5.12. The standard InChI is InChI=1S/C39H54N6O10S2/c1-9-26-22(5)38(48)44-30(26)17-28-24(7)36(20(3)15-34(46)40-11-13-56(50,51)52)32(42-28)19-33-37(21(4)16-35(47)41-12-14-57(53,54)55)25(8)29(43-33)18-31-27(10-2)23(6)39(49)45-31/h17-18,20-21,42-43H,9-16,19H2,1-8H3,(H,40,46)(H,41,47)(H,44,48)(H,45,49)(H,50,51,52)(H,53,54,55)/p-2/b30-17-,31-18-/t20-,21-/m0/s1. The maximum Gasteiger partial charge on any atom is 0.251 e. The molecule has 312 valence electrons. The van der Waals surface area contributed by atoms with Gasteiger partial charge < -0.3 is 40.3 Å². The number of carbonyl (C=O) groups excluding carboxylic acids is 4. The van der Waals surface area contributed by atoms with E-state index in [-0.39, 0.29) is 44.2 Å². The summed E-state index contributed by atoms with van der Waals surface area (Å²) < 4.78 is 66.7. The minimum atomic E-state index is -4.52. The summed E-state index contributed by atoms with van der Waals surface area (Å²) in [5, 5.41) is 10.9. The third kappa shape index (κ3) is 11.2. The SMILES string of the molecule is CCC1=C(C)C(=O)N/C1=C\c1[nH]c(Cc2[nH]c(/C=C3\NC(=O)C(C)=C3CC)c(C)c2[C@@H](C)CC(=O)NCCS(=O)(=O)[O-])c([C@@H](C)CC(=O)NCCS(=O)(=O)[O-])c1C. The van der Waals surface area contributed by atoms with Gasteiger partial charge in [-0.2, -0.15) is 0 Å². The minimum absolute atomic E-state index is 0.0364. The van der Waals surface area contributed by atoms with E-state index in [1.165, 1.54) is 0 Å². The molecule has 2 atom stereocenters. The zero-order chi connectivity index (χ0) is 42.6. The van der Waals surface area contributed by atoms with Gasteiger partial charge in [0.15, 0.2) is 0 Å². The number of aromatic nitrogens is 2. The third-order valence-electron chi connectivity index (χ3n) is 10.5. The molecule has 0 saturated carbocycles. The van der Waals surface area contributed by atoms with Crippen molar-refractivity contribution in [2.24, 2.45) is 0 Å². The van der Waals surface area contributed by atoms with E-state index < -0.39 is 55.4 Å². The van der Waals surface area contributed by atoms with Crippen LogP contribution in [0.25, 0.3) is 12.2 Å². The van der Waals surface area contributed by atoms with E-state index in [4.69, 9.17) is 0 Å². The van der Waals surface area contributed by atoms with Crippen LogP contribution in [-0.4, -0.2) is 84.1 Å². The number of hydrogen-bond acceptors (Lipinski definition) is 10. The zero-order valence-electron chi connectivity index (χ0n) is 33.6. The van der Waals surface area contributed by atoms with Gasteiger partial charge >= 0.3 is 0 Å². The Hall–Kier alpha value is -4.78. The van der Waals surface area contributed by atoms with Crippen molar-refractivity contribution in [3.63, 3.8) is 0 Å². The van der Waals surface area contributed by atoms with Gasteiger partial charge in [0.2, 0.25) is 11.8 Å². The summed E-state index contributed by atoms with van der Waals surface area (Å²) in [6, 6.07) is 0. The molecular formula is C39H52N6O10S2-2. The van der Waals surface area contributed by atoms with Crippen molar-refractivity contribution in [1.82, 2.24) is 31.2 Å². The van der Waals surface area contributed by atoms with Crippen LogP contribution in [0.15, 0.2) is 33.7 Å². The quantitative estimate of drug-likeness (QED) is 0.120. The van der Waals surface area contributed by atoms with Crippen LogP contribution in [0.4, 0.5) is 0 Å². The number of carbonyl (C=O) groups is 4. The summed E-state index contributed by atoms with van der Waals surface area (Å²) in [5.74, 6) is -3.58. The predicted molar refractivity (Wildman–Crippen MR) is 213 cm³/mol. The molecule has 18 heteroatoms. The second kappa shape index (κ2) is 18.2. The molecule has 0 saturated heterocycles. The molecule has 4 rings (SSSR count). The minimum Gasteiger partial charge on any atom is -0.748 e. The van der Waals surface area contributed by atoms with Crippen LogP contribution < -0.4 is 21.3 Å². The van der Waals surface area contributed by atoms with E-state index in [2.05, 4.69) is 31.2 Å². The Morgan fingerprint density at radius 1 is 0.667 bits per heavy atom. The number of rotatable bonds is 18. The normalized spacial score (nSPS) is 17.4. The first-order valence-corrected chi connectivity index (χ1v) is 22.0. The van der Waals surface area contributed by atoms with Gasteiger partial charge in [-0.1, -0.05) is 27.7 Å². The maximum absolute atomic E-state index is 13.0. The molecule has 0 radical (unpaired) electrons. The van der Waals surface area contributed by atoms with Crippen LogP contribution >= 0.6 is 0 Å². The lowest BCUT2D eigenvalue weighted by atomic mass is 9.89. The molecule has 0 bridgehead atoms. The van der Waals surface area contributed by atoms with Crippen LogP contribution in [0.1, 0.15) is 124 Å². The Bertz CT molecular complexity index is 2150. The molecule has 6 N–H and O–H groups in total. The van der Waals surface area contributed by atoms with Crippen LogP contribution in [0, 0.1) is 13.8 Å². The Kier molecular flexibility index (Phi) is 14.4. The van der Waals surface area contributed by atoms with E-state index in [1.807, 2.05) is 53.7 Å². The third-order valence-corrected chi connectivity index (χ3v) is 11.9. The van der Waals surface area contributed by atoms with Crippen molar-refractivity contribution in [1.29, 1.82) is 0 Å². The molecule has 2 aliphatic rings. The van der Waals surface area contributed by atoms with E-state index in [1.54, 1.807) is 13.8 Å². The predicted octanol–water partition coefficient (Wildman–Crippen LogP) is 3.25. The summed E-state index contributed by atoms with van der Waals surface area (Å²) in [6.45, 7) is 14.3. The fourth-order valence-electron chi connectivity index (χ4n) is 7.71. The summed E-state index contributed by atoms with van der Waals surface area (Å²) >= 11 is 0. The summed E-state index contributed by atoms with van der Waals surface area (Å²) in [4.78, 5) is 58.3. The number of allylic oxidation sites excluding steroid dienone is 2. The number of hydrogen-bond donors (Lipinski definition) is 6. The molecule has 2 aromatic rings. The molecule has 4 heterocycles. The van der Waals surface area contributed by atoms with Gasteiger partial charge in [-0.15, -0.1) is 0 Å².